The zero-order chi connectivity index (χ0) is 15.6. The molecule has 0 aliphatic carbocycles. The molecule has 1 aromatic heterocycles. The normalized spacial score (nSPS) is 21.9. The third-order valence-electron chi connectivity index (χ3n) is 4.21. The molecule has 6 heteroatoms. The summed E-state index contributed by atoms with van der Waals surface area (Å²) in [5.74, 6) is -0.0826. The number of nitrogens with zero attached hydrogens (tertiary/aromatic N) is 2. The van der Waals surface area contributed by atoms with Gasteiger partial charge in [0.1, 0.15) is 4.88 Å². The molecule has 0 N–H and O–H groups in total. The molecule has 1 aliphatic rings. The highest BCUT2D eigenvalue weighted by Gasteiger charge is 2.49. The summed E-state index contributed by atoms with van der Waals surface area (Å²) < 4.78 is 5.24. The van der Waals surface area contributed by atoms with Crippen molar-refractivity contribution in [1.29, 1.82) is 0 Å². The van der Waals surface area contributed by atoms with Crippen LogP contribution in [0, 0.1) is 18.3 Å². The average Bonchev–Trinajstić information content (AvgIpc) is 3.05. The van der Waals surface area contributed by atoms with E-state index in [2.05, 4.69) is 4.98 Å². The zero-order valence-electron chi connectivity index (χ0n) is 13.0. The molecule has 1 aromatic rings. The second-order valence-electron chi connectivity index (χ2n) is 5.75. The van der Waals surface area contributed by atoms with Crippen molar-refractivity contribution in [3.63, 3.8) is 0 Å². The Morgan fingerprint density at radius 3 is 2.76 bits per heavy atom. The molecular formula is C15H22N2O3S. The van der Waals surface area contributed by atoms with Gasteiger partial charge in [-0.15, -0.1) is 11.3 Å². The van der Waals surface area contributed by atoms with Crippen molar-refractivity contribution in [2.75, 3.05) is 19.7 Å². The van der Waals surface area contributed by atoms with Gasteiger partial charge in [-0.3, -0.25) is 9.59 Å². The summed E-state index contributed by atoms with van der Waals surface area (Å²) >= 11 is 1.39. The summed E-state index contributed by atoms with van der Waals surface area (Å²) in [5, 5.41) is 0.873. The third kappa shape index (κ3) is 2.95. The van der Waals surface area contributed by atoms with Gasteiger partial charge in [0.05, 0.1) is 23.2 Å². The number of likely N-dealkylation sites (tertiary alicyclic amines) is 1. The number of rotatable bonds is 4. The van der Waals surface area contributed by atoms with E-state index >= 15 is 0 Å². The fourth-order valence-corrected chi connectivity index (χ4v) is 3.52. The van der Waals surface area contributed by atoms with Gasteiger partial charge >= 0.3 is 5.97 Å². The number of hydrogen-bond acceptors (Lipinski definition) is 5. The Bertz CT molecular complexity index is 541. The van der Waals surface area contributed by atoms with Gasteiger partial charge in [-0.25, -0.2) is 4.98 Å². The number of thiazole rings is 1. The second kappa shape index (κ2) is 6.13. The van der Waals surface area contributed by atoms with Crippen molar-refractivity contribution in [3.05, 3.63) is 16.1 Å². The Balaban J connectivity index is 2.16. The van der Waals surface area contributed by atoms with E-state index in [0.29, 0.717) is 31.0 Å². The molecule has 0 unspecified atom stereocenters. The number of aromatic nitrogens is 1. The number of esters is 1. The minimum Gasteiger partial charge on any atom is -0.466 e. The summed E-state index contributed by atoms with van der Waals surface area (Å²) in [4.78, 5) is 31.4. The number of carbonyl (C=O) groups excluding carboxylic acids is 2. The average molecular weight is 310 g/mol. The van der Waals surface area contributed by atoms with Crippen LogP contribution in [0.3, 0.4) is 0 Å². The minimum absolute atomic E-state index is 0.0348. The zero-order valence-corrected chi connectivity index (χ0v) is 13.8. The Morgan fingerprint density at radius 1 is 1.52 bits per heavy atom. The van der Waals surface area contributed by atoms with Crippen LogP contribution in [0.15, 0.2) is 6.20 Å². The Labute approximate surface area is 129 Å². The van der Waals surface area contributed by atoms with Crippen LogP contribution in [0.25, 0.3) is 0 Å². The molecule has 21 heavy (non-hydrogen) atoms. The van der Waals surface area contributed by atoms with Gasteiger partial charge in [-0.05, 0) is 26.2 Å². The molecule has 0 saturated carbocycles. The van der Waals surface area contributed by atoms with E-state index in [1.54, 1.807) is 11.1 Å². The van der Waals surface area contributed by atoms with Crippen LogP contribution in [-0.4, -0.2) is 41.5 Å². The maximum Gasteiger partial charge on any atom is 0.314 e. The number of aryl methyl sites for hydroxylation is 1. The third-order valence-corrected chi connectivity index (χ3v) is 5.11. The van der Waals surface area contributed by atoms with E-state index in [0.717, 1.165) is 5.01 Å². The topological polar surface area (TPSA) is 59.5 Å². The van der Waals surface area contributed by atoms with E-state index in [9.17, 15) is 9.59 Å². The lowest BCUT2D eigenvalue weighted by Gasteiger charge is -2.30. The number of carbonyl (C=O) groups is 2. The van der Waals surface area contributed by atoms with Gasteiger partial charge in [-0.2, -0.15) is 0 Å². The molecule has 1 aliphatic heterocycles. The van der Waals surface area contributed by atoms with Gasteiger partial charge in [0.25, 0.3) is 5.91 Å². The Hall–Kier alpha value is -1.43. The molecule has 1 saturated heterocycles. The highest BCUT2D eigenvalue weighted by molar-refractivity contribution is 7.13. The van der Waals surface area contributed by atoms with Crippen molar-refractivity contribution < 1.29 is 14.3 Å². The van der Waals surface area contributed by atoms with Crippen LogP contribution in [-0.2, 0) is 9.53 Å². The van der Waals surface area contributed by atoms with Crippen LogP contribution >= 0.6 is 11.3 Å². The first-order chi connectivity index (χ1) is 9.90. The fraction of sp³-hybridized carbons (Fsp3) is 0.667. The van der Waals surface area contributed by atoms with Crippen molar-refractivity contribution in [1.82, 2.24) is 9.88 Å². The smallest absolute Gasteiger partial charge is 0.314 e. The molecule has 1 amide bonds. The quantitative estimate of drug-likeness (QED) is 0.802. The van der Waals surface area contributed by atoms with Crippen molar-refractivity contribution in [2.24, 2.45) is 11.3 Å². The standard InChI is InChI=1S/C15H22N2O3S/c1-5-20-14(19)15(10(2)3)6-7-17(9-15)13(18)12-8-16-11(4)21-12/h8,10H,5-7,9H2,1-4H3/t15-/m1/s1. The molecule has 0 bridgehead atoms. The van der Waals surface area contributed by atoms with E-state index in [1.807, 2.05) is 27.7 Å². The predicted molar refractivity (Wildman–Crippen MR) is 81.3 cm³/mol. The number of ether oxygens (including phenoxy) is 1. The van der Waals surface area contributed by atoms with E-state index in [1.165, 1.54) is 11.3 Å². The second-order valence-corrected chi connectivity index (χ2v) is 6.99. The van der Waals surface area contributed by atoms with Crippen LogP contribution in [0.2, 0.25) is 0 Å². The van der Waals surface area contributed by atoms with Crippen LogP contribution in [0.5, 0.6) is 0 Å². The summed E-state index contributed by atoms with van der Waals surface area (Å²) in [6.07, 6.45) is 2.27. The van der Waals surface area contributed by atoms with Gasteiger partial charge in [-0.1, -0.05) is 13.8 Å². The summed E-state index contributed by atoms with van der Waals surface area (Å²) in [6.45, 7) is 9.11. The molecule has 2 heterocycles. The van der Waals surface area contributed by atoms with Crippen LogP contribution < -0.4 is 0 Å². The van der Waals surface area contributed by atoms with Crippen molar-refractivity contribution >= 4 is 23.2 Å². The summed E-state index contributed by atoms with van der Waals surface area (Å²) in [6, 6.07) is 0. The van der Waals surface area contributed by atoms with Gasteiger partial charge < -0.3 is 9.64 Å². The first kappa shape index (κ1) is 15.9. The Kier molecular flexibility index (Phi) is 4.66. The lowest BCUT2D eigenvalue weighted by atomic mass is 9.76. The molecule has 1 fully saturated rings. The SMILES string of the molecule is CCOC(=O)[C@]1(C(C)C)CCN(C(=O)c2cnc(C)s2)C1. The maximum absolute atomic E-state index is 12.5. The summed E-state index contributed by atoms with van der Waals surface area (Å²) in [5.41, 5.74) is -0.578. The van der Waals surface area contributed by atoms with Gasteiger partial charge in [0, 0.05) is 13.1 Å². The van der Waals surface area contributed by atoms with Crippen molar-refractivity contribution in [3.8, 4) is 0 Å². The molecule has 1 atom stereocenters. The van der Waals surface area contributed by atoms with E-state index < -0.39 is 5.41 Å². The molecular weight excluding hydrogens is 288 g/mol. The van der Waals surface area contributed by atoms with Crippen LogP contribution in [0.1, 0.15) is 41.9 Å². The number of hydrogen-bond donors (Lipinski definition) is 0. The van der Waals surface area contributed by atoms with E-state index in [-0.39, 0.29) is 17.8 Å². The lowest BCUT2D eigenvalue weighted by Crippen LogP contribution is -2.41. The van der Waals surface area contributed by atoms with Crippen molar-refractivity contribution in [2.45, 2.75) is 34.1 Å². The monoisotopic (exact) mass is 310 g/mol. The van der Waals surface area contributed by atoms with Gasteiger partial charge in [0.2, 0.25) is 0 Å². The highest BCUT2D eigenvalue weighted by atomic mass is 32.1. The molecule has 116 valence electrons. The minimum atomic E-state index is -0.578. The first-order valence-corrected chi connectivity index (χ1v) is 8.11. The van der Waals surface area contributed by atoms with Crippen LogP contribution in [0.4, 0.5) is 0 Å². The van der Waals surface area contributed by atoms with Gasteiger partial charge in [0.15, 0.2) is 0 Å². The molecule has 5 nitrogen and oxygen atoms in total. The molecule has 0 aromatic carbocycles. The summed E-state index contributed by atoms with van der Waals surface area (Å²) in [7, 11) is 0. The lowest BCUT2D eigenvalue weighted by molar-refractivity contribution is -0.157. The highest BCUT2D eigenvalue weighted by Crippen LogP contribution is 2.39. The first-order valence-electron chi connectivity index (χ1n) is 7.29. The predicted octanol–water partition coefficient (Wildman–Crippen LogP) is 2.50. The fourth-order valence-electron chi connectivity index (χ4n) is 2.77. The number of amides is 1. The molecule has 0 radical (unpaired) electrons. The largest absolute Gasteiger partial charge is 0.466 e. The maximum atomic E-state index is 12.5. The van der Waals surface area contributed by atoms with E-state index in [4.69, 9.17) is 4.74 Å². The molecule has 2 rings (SSSR count). The Morgan fingerprint density at radius 2 is 2.24 bits per heavy atom. The molecule has 0 spiro atoms.